The number of carbonyl (C=O) groups excluding carboxylic acids is 1. The van der Waals surface area contributed by atoms with Crippen LogP contribution >= 0.6 is 0 Å². The summed E-state index contributed by atoms with van der Waals surface area (Å²) in [4.78, 5) is 16.8. The van der Waals surface area contributed by atoms with Gasteiger partial charge in [-0.1, -0.05) is 30.3 Å². The molecule has 2 aromatic rings. The number of para-hydroxylation sites is 1. The third-order valence-electron chi connectivity index (χ3n) is 5.27. The number of carbonyl (C=O) groups is 1. The summed E-state index contributed by atoms with van der Waals surface area (Å²) in [6.07, 6.45) is 1.13. The van der Waals surface area contributed by atoms with Gasteiger partial charge in [0.25, 0.3) is 0 Å². The molecule has 28 heavy (non-hydrogen) atoms. The van der Waals surface area contributed by atoms with Gasteiger partial charge < -0.3 is 9.80 Å². The summed E-state index contributed by atoms with van der Waals surface area (Å²) < 4.78 is 25.6. The molecule has 0 atom stereocenters. The zero-order valence-corrected chi connectivity index (χ0v) is 17.4. The van der Waals surface area contributed by atoms with Crippen molar-refractivity contribution in [3.05, 3.63) is 59.7 Å². The fourth-order valence-corrected chi connectivity index (χ4v) is 4.34. The van der Waals surface area contributed by atoms with E-state index in [1.54, 1.807) is 29.2 Å². The second-order valence-electron chi connectivity index (χ2n) is 7.19. The zero-order valence-electron chi connectivity index (χ0n) is 16.6. The van der Waals surface area contributed by atoms with Gasteiger partial charge in [-0.25, -0.2) is 8.42 Å². The lowest BCUT2D eigenvalue weighted by atomic mass is 10.1. The van der Waals surface area contributed by atoms with Crippen molar-refractivity contribution < 1.29 is 13.2 Å². The summed E-state index contributed by atoms with van der Waals surface area (Å²) in [6, 6.07) is 15.0. The monoisotopic (exact) mass is 401 g/mol. The van der Waals surface area contributed by atoms with E-state index in [0.717, 1.165) is 19.3 Å². The van der Waals surface area contributed by atoms with E-state index in [1.807, 2.05) is 6.07 Å². The Kier molecular flexibility index (Phi) is 5.93. The van der Waals surface area contributed by atoms with Gasteiger partial charge in [0.05, 0.1) is 11.9 Å². The predicted molar refractivity (Wildman–Crippen MR) is 113 cm³/mol. The molecule has 1 amide bonds. The van der Waals surface area contributed by atoms with Crippen molar-refractivity contribution in [3.63, 3.8) is 0 Å². The fraction of sp³-hybridized carbons (Fsp3) is 0.381. The van der Waals surface area contributed by atoms with Crippen LogP contribution in [0.1, 0.15) is 11.1 Å². The van der Waals surface area contributed by atoms with Crippen molar-refractivity contribution in [1.29, 1.82) is 0 Å². The average molecular weight is 402 g/mol. The Bertz CT molecular complexity index is 937. The zero-order chi connectivity index (χ0) is 20.3. The van der Waals surface area contributed by atoms with Crippen LogP contribution in [0.15, 0.2) is 48.5 Å². The first-order chi connectivity index (χ1) is 13.3. The fourth-order valence-electron chi connectivity index (χ4n) is 3.49. The Hall–Kier alpha value is -2.54. The molecule has 0 spiro atoms. The molecule has 0 saturated carbocycles. The van der Waals surface area contributed by atoms with E-state index < -0.39 is 10.0 Å². The molecule has 0 unspecified atom stereocenters. The molecule has 1 aliphatic rings. The average Bonchev–Trinajstić information content (AvgIpc) is 2.68. The van der Waals surface area contributed by atoms with Gasteiger partial charge in [-0.2, -0.15) is 0 Å². The SMILES string of the molecule is Cc1cccc(N2CCN(C(=O)CN(c3ccccc3)S(C)(=O)=O)CC2)c1C. The lowest BCUT2D eigenvalue weighted by Gasteiger charge is -2.37. The molecule has 150 valence electrons. The highest BCUT2D eigenvalue weighted by molar-refractivity contribution is 7.92. The first-order valence-electron chi connectivity index (χ1n) is 9.39. The van der Waals surface area contributed by atoms with E-state index in [4.69, 9.17) is 0 Å². The summed E-state index contributed by atoms with van der Waals surface area (Å²) in [5, 5.41) is 0. The molecule has 1 aliphatic heterocycles. The molecule has 1 fully saturated rings. The van der Waals surface area contributed by atoms with Crippen molar-refractivity contribution in [1.82, 2.24) is 4.90 Å². The van der Waals surface area contributed by atoms with Crippen molar-refractivity contribution in [3.8, 4) is 0 Å². The Morgan fingerprint density at radius 3 is 2.21 bits per heavy atom. The van der Waals surface area contributed by atoms with Crippen LogP contribution in [0.2, 0.25) is 0 Å². The second-order valence-corrected chi connectivity index (χ2v) is 9.10. The highest BCUT2D eigenvalue weighted by atomic mass is 32.2. The first kappa shape index (κ1) is 20.2. The summed E-state index contributed by atoms with van der Waals surface area (Å²) in [6.45, 7) is 6.68. The van der Waals surface area contributed by atoms with Crippen LogP contribution < -0.4 is 9.21 Å². The van der Waals surface area contributed by atoms with Crippen LogP contribution in [0, 0.1) is 13.8 Å². The largest absolute Gasteiger partial charge is 0.368 e. The van der Waals surface area contributed by atoms with Gasteiger partial charge in [0.15, 0.2) is 0 Å². The van der Waals surface area contributed by atoms with Crippen LogP contribution in [0.25, 0.3) is 0 Å². The molecule has 0 bridgehead atoms. The lowest BCUT2D eigenvalue weighted by Crippen LogP contribution is -2.52. The van der Waals surface area contributed by atoms with Crippen LogP contribution in [-0.4, -0.2) is 58.2 Å². The maximum atomic E-state index is 12.8. The molecular weight excluding hydrogens is 374 g/mol. The Labute approximate surface area is 167 Å². The minimum absolute atomic E-state index is 0.171. The number of amides is 1. The maximum absolute atomic E-state index is 12.8. The maximum Gasteiger partial charge on any atom is 0.243 e. The number of aryl methyl sites for hydroxylation is 1. The van der Waals surface area contributed by atoms with Gasteiger partial charge in [0, 0.05) is 31.9 Å². The number of hydrogen-bond acceptors (Lipinski definition) is 4. The number of benzene rings is 2. The van der Waals surface area contributed by atoms with Crippen LogP contribution in [0.5, 0.6) is 0 Å². The number of piperazine rings is 1. The predicted octanol–water partition coefficient (Wildman–Crippen LogP) is 2.42. The number of rotatable bonds is 5. The van der Waals surface area contributed by atoms with E-state index in [0.29, 0.717) is 18.8 Å². The Morgan fingerprint density at radius 1 is 0.964 bits per heavy atom. The van der Waals surface area contributed by atoms with Crippen molar-refractivity contribution >= 4 is 27.3 Å². The standard InChI is InChI=1S/C21H27N3O3S/c1-17-8-7-11-20(18(17)2)22-12-14-23(15-13-22)21(25)16-24(28(3,26)27)19-9-5-4-6-10-19/h4-11H,12-16H2,1-3H3. The molecule has 6 nitrogen and oxygen atoms in total. The number of hydrogen-bond donors (Lipinski definition) is 0. The number of nitrogens with zero attached hydrogens (tertiary/aromatic N) is 3. The van der Waals surface area contributed by atoms with Crippen molar-refractivity contribution in [2.75, 3.05) is 48.2 Å². The third kappa shape index (κ3) is 4.47. The van der Waals surface area contributed by atoms with Gasteiger partial charge in [-0.3, -0.25) is 9.10 Å². The van der Waals surface area contributed by atoms with Crippen LogP contribution in [0.4, 0.5) is 11.4 Å². The molecule has 1 heterocycles. The Morgan fingerprint density at radius 2 is 1.61 bits per heavy atom. The van der Waals surface area contributed by atoms with E-state index >= 15 is 0 Å². The highest BCUT2D eigenvalue weighted by Gasteiger charge is 2.27. The third-order valence-corrected chi connectivity index (χ3v) is 6.41. The Balaban J connectivity index is 1.67. The molecule has 0 N–H and O–H groups in total. The molecule has 0 aromatic heterocycles. The molecule has 3 rings (SSSR count). The second kappa shape index (κ2) is 8.22. The summed E-state index contributed by atoms with van der Waals surface area (Å²) >= 11 is 0. The summed E-state index contributed by atoms with van der Waals surface area (Å²) in [5.74, 6) is -0.171. The minimum Gasteiger partial charge on any atom is -0.368 e. The smallest absolute Gasteiger partial charge is 0.243 e. The highest BCUT2D eigenvalue weighted by Crippen LogP contribution is 2.24. The quantitative estimate of drug-likeness (QED) is 0.772. The summed E-state index contributed by atoms with van der Waals surface area (Å²) in [7, 11) is -3.54. The van der Waals surface area contributed by atoms with E-state index in [9.17, 15) is 13.2 Å². The first-order valence-corrected chi connectivity index (χ1v) is 11.2. The molecule has 1 saturated heterocycles. The van der Waals surface area contributed by atoms with Gasteiger partial charge in [-0.05, 0) is 43.2 Å². The van der Waals surface area contributed by atoms with E-state index in [-0.39, 0.29) is 12.5 Å². The molecule has 2 aromatic carbocycles. The molecule has 7 heteroatoms. The van der Waals surface area contributed by atoms with Gasteiger partial charge in [0.2, 0.25) is 15.9 Å². The van der Waals surface area contributed by atoms with Crippen LogP contribution in [0.3, 0.4) is 0 Å². The van der Waals surface area contributed by atoms with Gasteiger partial charge >= 0.3 is 0 Å². The van der Waals surface area contributed by atoms with Crippen molar-refractivity contribution in [2.45, 2.75) is 13.8 Å². The number of sulfonamides is 1. The minimum atomic E-state index is -3.54. The lowest BCUT2D eigenvalue weighted by molar-refractivity contribution is -0.129. The molecular formula is C21H27N3O3S. The number of anilines is 2. The van der Waals surface area contributed by atoms with Gasteiger partial charge in [-0.15, -0.1) is 0 Å². The summed E-state index contributed by atoms with van der Waals surface area (Å²) in [5.41, 5.74) is 4.22. The van der Waals surface area contributed by atoms with Crippen LogP contribution in [-0.2, 0) is 14.8 Å². The normalized spacial score (nSPS) is 14.8. The topological polar surface area (TPSA) is 60.9 Å². The van der Waals surface area contributed by atoms with Gasteiger partial charge in [0.1, 0.15) is 6.54 Å². The van der Waals surface area contributed by atoms with E-state index in [2.05, 4.69) is 36.9 Å². The molecule has 0 radical (unpaired) electrons. The van der Waals surface area contributed by atoms with E-state index in [1.165, 1.54) is 21.1 Å². The molecule has 0 aliphatic carbocycles. The van der Waals surface area contributed by atoms with Crippen molar-refractivity contribution in [2.24, 2.45) is 0 Å².